The van der Waals surface area contributed by atoms with Gasteiger partial charge in [-0.1, -0.05) is 30.3 Å². The van der Waals surface area contributed by atoms with Crippen molar-refractivity contribution in [1.29, 1.82) is 0 Å². The van der Waals surface area contributed by atoms with Gasteiger partial charge < -0.3 is 4.90 Å². The van der Waals surface area contributed by atoms with Crippen LogP contribution in [0.25, 0.3) is 0 Å². The fourth-order valence-electron chi connectivity index (χ4n) is 2.60. The van der Waals surface area contributed by atoms with Crippen LogP contribution in [0, 0.1) is 10.1 Å². The van der Waals surface area contributed by atoms with Gasteiger partial charge in [-0.05, 0) is 11.6 Å². The number of hydrogen-bond donors (Lipinski definition) is 0. The first-order valence-electron chi connectivity index (χ1n) is 6.75. The molecule has 0 aromatic heterocycles. The predicted molar refractivity (Wildman–Crippen MR) is 79.5 cm³/mol. The van der Waals surface area contributed by atoms with E-state index in [-0.39, 0.29) is 11.5 Å². The lowest BCUT2D eigenvalue weighted by atomic mass is 9.99. The lowest BCUT2D eigenvalue weighted by Gasteiger charge is -2.30. The first kappa shape index (κ1) is 13.3. The molecule has 106 valence electrons. The third kappa shape index (κ3) is 2.63. The lowest BCUT2D eigenvalue weighted by molar-refractivity contribution is -0.384. The molecule has 1 heterocycles. The molecule has 0 atom stereocenters. The molecule has 0 bridgehead atoms. The number of nitrogens with zero attached hydrogens (tertiary/aromatic N) is 2. The zero-order valence-corrected chi connectivity index (χ0v) is 11.4. The minimum absolute atomic E-state index is 0.0296. The summed E-state index contributed by atoms with van der Waals surface area (Å²) < 4.78 is 0. The number of ketones is 1. The number of non-ortho nitro benzene ring substituents is 1. The molecule has 0 saturated carbocycles. The van der Waals surface area contributed by atoms with E-state index in [4.69, 9.17) is 0 Å². The molecule has 0 N–H and O–H groups in total. The third-order valence-corrected chi connectivity index (χ3v) is 3.66. The van der Waals surface area contributed by atoms with Crippen molar-refractivity contribution in [3.63, 3.8) is 0 Å². The molecule has 0 spiro atoms. The Morgan fingerprint density at radius 3 is 2.62 bits per heavy atom. The molecule has 0 aliphatic carbocycles. The summed E-state index contributed by atoms with van der Waals surface area (Å²) >= 11 is 0. The SMILES string of the molecule is O=C1CCN(Cc2ccccc2)c2ccc([N+](=O)[O-])cc21. The number of anilines is 1. The Bertz CT molecular complexity index is 698. The van der Waals surface area contributed by atoms with Gasteiger partial charge in [0.05, 0.1) is 4.92 Å². The molecule has 1 aliphatic heterocycles. The van der Waals surface area contributed by atoms with E-state index in [1.807, 2.05) is 30.3 Å². The topological polar surface area (TPSA) is 63.5 Å². The van der Waals surface area contributed by atoms with Gasteiger partial charge in [0.1, 0.15) is 0 Å². The van der Waals surface area contributed by atoms with Gasteiger partial charge in [0.25, 0.3) is 5.69 Å². The minimum Gasteiger partial charge on any atom is -0.366 e. The Morgan fingerprint density at radius 1 is 1.14 bits per heavy atom. The largest absolute Gasteiger partial charge is 0.366 e. The van der Waals surface area contributed by atoms with Gasteiger partial charge in [-0.3, -0.25) is 14.9 Å². The Balaban J connectivity index is 1.95. The van der Waals surface area contributed by atoms with E-state index < -0.39 is 4.92 Å². The zero-order chi connectivity index (χ0) is 14.8. The summed E-state index contributed by atoms with van der Waals surface area (Å²) in [7, 11) is 0. The molecule has 0 unspecified atom stereocenters. The number of nitro benzene ring substituents is 1. The van der Waals surface area contributed by atoms with Crippen molar-refractivity contribution in [3.05, 3.63) is 69.8 Å². The van der Waals surface area contributed by atoms with Gasteiger partial charge in [-0.2, -0.15) is 0 Å². The van der Waals surface area contributed by atoms with Crippen molar-refractivity contribution in [2.75, 3.05) is 11.4 Å². The second-order valence-corrected chi connectivity index (χ2v) is 5.04. The maximum Gasteiger partial charge on any atom is 0.270 e. The van der Waals surface area contributed by atoms with Gasteiger partial charge in [-0.25, -0.2) is 0 Å². The highest BCUT2D eigenvalue weighted by atomic mass is 16.6. The summed E-state index contributed by atoms with van der Waals surface area (Å²) in [6, 6.07) is 14.5. The smallest absolute Gasteiger partial charge is 0.270 e. The van der Waals surface area contributed by atoms with Gasteiger partial charge in [0.2, 0.25) is 0 Å². The fraction of sp³-hybridized carbons (Fsp3) is 0.188. The number of hydrogen-bond acceptors (Lipinski definition) is 4. The van der Waals surface area contributed by atoms with E-state index >= 15 is 0 Å². The quantitative estimate of drug-likeness (QED) is 0.640. The zero-order valence-electron chi connectivity index (χ0n) is 11.4. The van der Waals surface area contributed by atoms with Crippen LogP contribution in [-0.4, -0.2) is 17.3 Å². The third-order valence-electron chi connectivity index (χ3n) is 3.66. The van der Waals surface area contributed by atoms with Crippen molar-refractivity contribution in [2.45, 2.75) is 13.0 Å². The van der Waals surface area contributed by atoms with Crippen LogP contribution in [0.2, 0.25) is 0 Å². The highest BCUT2D eigenvalue weighted by molar-refractivity contribution is 6.03. The normalized spacial score (nSPS) is 13.9. The summed E-state index contributed by atoms with van der Waals surface area (Å²) in [6.07, 6.45) is 0.390. The number of Topliss-reactive ketones (excluding diaryl/α,β-unsaturated/α-hetero) is 1. The molecule has 0 radical (unpaired) electrons. The van der Waals surface area contributed by atoms with Crippen LogP contribution in [-0.2, 0) is 6.54 Å². The molecule has 0 saturated heterocycles. The van der Waals surface area contributed by atoms with Crippen molar-refractivity contribution < 1.29 is 9.72 Å². The molecule has 5 heteroatoms. The molecule has 2 aromatic carbocycles. The van der Waals surface area contributed by atoms with Crippen LogP contribution in [0.5, 0.6) is 0 Å². The Hall–Kier alpha value is -2.69. The maximum atomic E-state index is 12.0. The average molecular weight is 282 g/mol. The summed E-state index contributed by atoms with van der Waals surface area (Å²) in [6.45, 7) is 1.33. The number of nitro groups is 1. The molecule has 21 heavy (non-hydrogen) atoms. The average Bonchev–Trinajstić information content (AvgIpc) is 2.51. The number of rotatable bonds is 3. The molecule has 0 fully saturated rings. The van der Waals surface area contributed by atoms with Crippen molar-refractivity contribution in [1.82, 2.24) is 0 Å². The number of carbonyl (C=O) groups excluding carboxylic acids is 1. The molecule has 5 nitrogen and oxygen atoms in total. The number of carbonyl (C=O) groups is 1. The van der Waals surface area contributed by atoms with Crippen molar-refractivity contribution in [3.8, 4) is 0 Å². The molecule has 3 rings (SSSR count). The van der Waals surface area contributed by atoms with E-state index in [0.717, 1.165) is 11.3 Å². The Morgan fingerprint density at radius 2 is 1.90 bits per heavy atom. The maximum absolute atomic E-state index is 12.0. The van der Waals surface area contributed by atoms with E-state index in [2.05, 4.69) is 4.90 Å². The van der Waals surface area contributed by atoms with Crippen LogP contribution in [0.1, 0.15) is 22.3 Å². The van der Waals surface area contributed by atoms with Crippen LogP contribution in [0.15, 0.2) is 48.5 Å². The first-order valence-corrected chi connectivity index (χ1v) is 6.75. The van der Waals surface area contributed by atoms with Gasteiger partial charge in [-0.15, -0.1) is 0 Å². The van der Waals surface area contributed by atoms with Gasteiger partial charge in [0.15, 0.2) is 5.78 Å². The monoisotopic (exact) mass is 282 g/mol. The van der Waals surface area contributed by atoms with Crippen LogP contribution in [0.3, 0.4) is 0 Å². The summed E-state index contributed by atoms with van der Waals surface area (Å²) in [5.41, 5.74) is 2.34. The van der Waals surface area contributed by atoms with Crippen LogP contribution in [0.4, 0.5) is 11.4 Å². The van der Waals surface area contributed by atoms with Gasteiger partial charge in [0, 0.05) is 42.9 Å². The van der Waals surface area contributed by atoms with Crippen molar-refractivity contribution in [2.24, 2.45) is 0 Å². The number of fused-ring (bicyclic) bond motifs is 1. The number of benzene rings is 2. The summed E-state index contributed by atoms with van der Waals surface area (Å²) in [5, 5.41) is 10.8. The lowest BCUT2D eigenvalue weighted by Crippen LogP contribution is -2.31. The molecule has 0 amide bonds. The standard InChI is InChI=1S/C16H14N2O3/c19-16-8-9-17(11-12-4-2-1-3-5-12)15-7-6-13(18(20)21)10-14(15)16/h1-7,10H,8-9,11H2. The van der Waals surface area contributed by atoms with E-state index in [9.17, 15) is 14.9 Å². The van der Waals surface area contributed by atoms with E-state index in [1.165, 1.54) is 12.1 Å². The predicted octanol–water partition coefficient (Wildman–Crippen LogP) is 3.19. The Labute approximate surface area is 122 Å². The molecular formula is C16H14N2O3. The first-order chi connectivity index (χ1) is 10.1. The second-order valence-electron chi connectivity index (χ2n) is 5.04. The van der Waals surface area contributed by atoms with Crippen molar-refractivity contribution >= 4 is 17.2 Å². The van der Waals surface area contributed by atoms with Crippen LogP contribution >= 0.6 is 0 Å². The summed E-state index contributed by atoms with van der Waals surface area (Å²) in [4.78, 5) is 24.5. The van der Waals surface area contributed by atoms with E-state index in [1.54, 1.807) is 6.07 Å². The molecule has 1 aliphatic rings. The van der Waals surface area contributed by atoms with E-state index in [0.29, 0.717) is 25.1 Å². The van der Waals surface area contributed by atoms with Gasteiger partial charge >= 0.3 is 0 Å². The van der Waals surface area contributed by atoms with Crippen LogP contribution < -0.4 is 4.90 Å². The fourth-order valence-corrected chi connectivity index (χ4v) is 2.60. The molecule has 2 aromatic rings. The Kier molecular flexibility index (Phi) is 3.39. The highest BCUT2D eigenvalue weighted by Gasteiger charge is 2.25. The summed E-state index contributed by atoms with van der Waals surface area (Å²) in [5.74, 6) is -0.0296. The highest BCUT2D eigenvalue weighted by Crippen LogP contribution is 2.31. The second kappa shape index (κ2) is 5.36. The molecular weight excluding hydrogens is 268 g/mol. The minimum atomic E-state index is -0.469.